The van der Waals surface area contributed by atoms with Gasteiger partial charge in [0.25, 0.3) is 0 Å². The van der Waals surface area contributed by atoms with Gasteiger partial charge in [0.05, 0.1) is 24.7 Å². The van der Waals surface area contributed by atoms with Gasteiger partial charge < -0.3 is 10.1 Å². The Hall–Kier alpha value is -2.96. The molecule has 112 valence electrons. The van der Waals surface area contributed by atoms with E-state index in [-0.39, 0.29) is 6.04 Å². The van der Waals surface area contributed by atoms with E-state index in [2.05, 4.69) is 32.7 Å². The fraction of sp³-hybridized carbons (Fsp3) is 0.200. The third kappa shape index (κ3) is 3.03. The molecule has 0 fully saturated rings. The summed E-state index contributed by atoms with van der Waals surface area (Å²) in [6.07, 6.45) is 3.32. The van der Waals surface area contributed by atoms with Crippen LogP contribution < -0.4 is 10.1 Å². The number of anilines is 1. The zero-order valence-corrected chi connectivity index (χ0v) is 12.3. The first-order valence-electron chi connectivity index (χ1n) is 6.86. The van der Waals surface area contributed by atoms with E-state index in [1.54, 1.807) is 24.3 Å². The number of hydrogen-bond donors (Lipinski definition) is 1. The molecule has 0 amide bonds. The lowest BCUT2D eigenvalue weighted by Gasteiger charge is -2.16. The van der Waals surface area contributed by atoms with Crippen LogP contribution in [0.4, 0.5) is 5.69 Å². The summed E-state index contributed by atoms with van der Waals surface area (Å²) in [4.78, 5) is 4.18. The molecule has 1 N–H and O–H groups in total. The van der Waals surface area contributed by atoms with E-state index in [1.165, 1.54) is 0 Å². The minimum Gasteiger partial charge on any atom is -0.481 e. The summed E-state index contributed by atoms with van der Waals surface area (Å²) >= 11 is 0. The van der Waals surface area contributed by atoms with Crippen molar-refractivity contribution in [2.45, 2.75) is 13.0 Å². The fourth-order valence-corrected chi connectivity index (χ4v) is 2.12. The largest absolute Gasteiger partial charge is 0.481 e. The maximum absolute atomic E-state index is 5.05. The summed E-state index contributed by atoms with van der Waals surface area (Å²) in [5.74, 6) is 0.601. The molecule has 7 nitrogen and oxygen atoms in total. The molecule has 22 heavy (non-hydrogen) atoms. The molecule has 7 heteroatoms. The highest BCUT2D eigenvalue weighted by atomic mass is 16.5. The summed E-state index contributed by atoms with van der Waals surface area (Å²) < 4.78 is 6.67. The predicted octanol–water partition coefficient (Wildman–Crippen LogP) is 2.24. The van der Waals surface area contributed by atoms with E-state index in [0.717, 1.165) is 16.9 Å². The van der Waals surface area contributed by atoms with Crippen molar-refractivity contribution >= 4 is 5.69 Å². The lowest BCUT2D eigenvalue weighted by atomic mass is 10.1. The van der Waals surface area contributed by atoms with E-state index < -0.39 is 0 Å². The molecule has 0 aliphatic carbocycles. The number of aromatic nitrogens is 5. The lowest BCUT2D eigenvalue weighted by Crippen LogP contribution is -2.07. The molecule has 0 saturated heterocycles. The number of nitrogens with zero attached hydrogens (tertiary/aromatic N) is 5. The van der Waals surface area contributed by atoms with Crippen LogP contribution in [0.3, 0.4) is 0 Å². The van der Waals surface area contributed by atoms with Crippen molar-refractivity contribution in [3.63, 3.8) is 0 Å². The van der Waals surface area contributed by atoms with Gasteiger partial charge in [-0.05, 0) is 41.1 Å². The van der Waals surface area contributed by atoms with Crippen LogP contribution in [0.1, 0.15) is 18.5 Å². The minimum absolute atomic E-state index is 0.151. The van der Waals surface area contributed by atoms with Crippen LogP contribution >= 0.6 is 0 Å². The van der Waals surface area contributed by atoms with Crippen molar-refractivity contribution in [2.75, 3.05) is 12.4 Å². The maximum Gasteiger partial charge on any atom is 0.213 e. The van der Waals surface area contributed by atoms with Gasteiger partial charge >= 0.3 is 0 Å². The summed E-state index contributed by atoms with van der Waals surface area (Å²) in [6, 6.07) is 12.0. The standard InChI is InChI=1S/C15H16N6O/c1-11(18-13-5-8-15(22-2)16-9-13)12-3-6-14(7-4-12)21-10-17-19-20-21/h3-11,18H,1-2H3/t11-/m1/s1. The highest BCUT2D eigenvalue weighted by Crippen LogP contribution is 2.20. The van der Waals surface area contributed by atoms with Crippen molar-refractivity contribution in [1.29, 1.82) is 0 Å². The summed E-state index contributed by atoms with van der Waals surface area (Å²) in [6.45, 7) is 2.09. The first kappa shape index (κ1) is 14.0. The Balaban J connectivity index is 1.70. The van der Waals surface area contributed by atoms with Crippen molar-refractivity contribution in [3.05, 3.63) is 54.5 Å². The highest BCUT2D eigenvalue weighted by Gasteiger charge is 2.06. The Morgan fingerprint density at radius 1 is 1.14 bits per heavy atom. The Bertz CT molecular complexity index is 709. The molecule has 1 atom stereocenters. The van der Waals surface area contributed by atoms with Crippen molar-refractivity contribution in [1.82, 2.24) is 25.2 Å². The smallest absolute Gasteiger partial charge is 0.213 e. The van der Waals surface area contributed by atoms with Gasteiger partial charge in [-0.3, -0.25) is 0 Å². The average molecular weight is 296 g/mol. The van der Waals surface area contributed by atoms with Crippen molar-refractivity contribution < 1.29 is 4.74 Å². The number of tetrazole rings is 1. The van der Waals surface area contributed by atoms with Gasteiger partial charge in [0.1, 0.15) is 6.33 Å². The molecule has 0 saturated carbocycles. The van der Waals surface area contributed by atoms with Crippen LogP contribution in [-0.2, 0) is 0 Å². The van der Waals surface area contributed by atoms with Crippen molar-refractivity contribution in [3.8, 4) is 11.6 Å². The second-order valence-electron chi connectivity index (χ2n) is 4.80. The average Bonchev–Trinajstić information content (AvgIpc) is 3.10. The monoisotopic (exact) mass is 296 g/mol. The van der Waals surface area contributed by atoms with E-state index in [9.17, 15) is 0 Å². The minimum atomic E-state index is 0.151. The molecule has 0 bridgehead atoms. The van der Waals surface area contributed by atoms with Crippen LogP contribution in [0.2, 0.25) is 0 Å². The molecule has 0 aliphatic heterocycles. The van der Waals surface area contributed by atoms with Crippen LogP contribution in [0, 0.1) is 0 Å². The molecule has 0 radical (unpaired) electrons. The van der Waals surface area contributed by atoms with Gasteiger partial charge in [-0.25, -0.2) is 9.67 Å². The van der Waals surface area contributed by atoms with Crippen molar-refractivity contribution in [2.24, 2.45) is 0 Å². The van der Waals surface area contributed by atoms with Gasteiger partial charge in [-0.2, -0.15) is 0 Å². The molecular formula is C15H16N6O. The second kappa shape index (κ2) is 6.21. The second-order valence-corrected chi connectivity index (χ2v) is 4.80. The topological polar surface area (TPSA) is 77.8 Å². The van der Waals surface area contributed by atoms with Crippen LogP contribution in [0.5, 0.6) is 5.88 Å². The predicted molar refractivity (Wildman–Crippen MR) is 82.0 cm³/mol. The Kier molecular flexibility index (Phi) is 3.95. The number of benzene rings is 1. The Labute approximate surface area is 128 Å². The molecule has 0 unspecified atom stereocenters. The molecule has 0 aliphatic rings. The molecule has 3 aromatic rings. The summed E-state index contributed by atoms with van der Waals surface area (Å²) in [5.41, 5.74) is 3.03. The zero-order chi connectivity index (χ0) is 15.4. The molecule has 2 heterocycles. The van der Waals surface area contributed by atoms with E-state index >= 15 is 0 Å². The number of nitrogens with one attached hydrogen (secondary N) is 1. The highest BCUT2D eigenvalue weighted by molar-refractivity contribution is 5.45. The van der Waals surface area contributed by atoms with Gasteiger partial charge in [-0.15, -0.1) is 5.10 Å². The van der Waals surface area contributed by atoms with E-state index in [0.29, 0.717) is 5.88 Å². The van der Waals surface area contributed by atoms with Gasteiger partial charge in [0, 0.05) is 12.1 Å². The number of pyridine rings is 1. The fourth-order valence-electron chi connectivity index (χ4n) is 2.12. The summed E-state index contributed by atoms with van der Waals surface area (Å²) in [5, 5.41) is 14.5. The molecule has 1 aromatic carbocycles. The SMILES string of the molecule is COc1ccc(N[C@H](C)c2ccc(-n3cnnn3)cc2)cn1. The molecule has 3 rings (SSSR count). The molecule has 2 aromatic heterocycles. The van der Waals surface area contributed by atoms with Gasteiger partial charge in [-0.1, -0.05) is 12.1 Å². The third-order valence-electron chi connectivity index (χ3n) is 3.34. The quantitative estimate of drug-likeness (QED) is 0.778. The number of hydrogen-bond acceptors (Lipinski definition) is 6. The zero-order valence-electron chi connectivity index (χ0n) is 12.3. The van der Waals surface area contributed by atoms with Crippen LogP contribution in [-0.4, -0.2) is 32.3 Å². The number of ether oxygens (including phenoxy) is 1. The number of rotatable bonds is 5. The first-order valence-corrected chi connectivity index (χ1v) is 6.86. The maximum atomic E-state index is 5.05. The summed E-state index contributed by atoms with van der Waals surface area (Å²) in [7, 11) is 1.60. The lowest BCUT2D eigenvalue weighted by molar-refractivity contribution is 0.398. The van der Waals surface area contributed by atoms with Gasteiger partial charge in [0.2, 0.25) is 5.88 Å². The van der Waals surface area contributed by atoms with Gasteiger partial charge in [0.15, 0.2) is 0 Å². The Morgan fingerprint density at radius 3 is 2.55 bits per heavy atom. The number of methoxy groups -OCH3 is 1. The Morgan fingerprint density at radius 2 is 1.95 bits per heavy atom. The third-order valence-corrected chi connectivity index (χ3v) is 3.34. The van der Waals surface area contributed by atoms with Crippen LogP contribution in [0.25, 0.3) is 5.69 Å². The van der Waals surface area contributed by atoms with E-state index in [1.807, 2.05) is 36.4 Å². The van der Waals surface area contributed by atoms with Crippen LogP contribution in [0.15, 0.2) is 48.9 Å². The molecular weight excluding hydrogens is 280 g/mol. The van der Waals surface area contributed by atoms with E-state index in [4.69, 9.17) is 4.74 Å². The normalized spacial score (nSPS) is 11.9. The first-order chi connectivity index (χ1) is 10.8. The molecule has 0 spiro atoms.